The number of non-ortho nitro benzene ring substituents is 1. The van der Waals surface area contributed by atoms with Gasteiger partial charge in [-0.15, -0.1) is 0 Å². The fourth-order valence-electron chi connectivity index (χ4n) is 0.954. The van der Waals surface area contributed by atoms with Crippen LogP contribution in [0.4, 0.5) is 11.4 Å². The van der Waals surface area contributed by atoms with E-state index in [1.807, 2.05) is 0 Å². The third-order valence-electron chi connectivity index (χ3n) is 1.66. The maximum atomic E-state index is 10.5. The number of nitro benzene ring substituents is 1. The summed E-state index contributed by atoms with van der Waals surface area (Å²) in [5, 5.41) is 10.5. The second-order valence-electron chi connectivity index (χ2n) is 2.70. The zero-order valence-electron chi connectivity index (χ0n) is 7.77. The van der Waals surface area contributed by atoms with E-state index in [-0.39, 0.29) is 12.1 Å². The van der Waals surface area contributed by atoms with Gasteiger partial charge in [-0.3, -0.25) is 10.1 Å². The van der Waals surface area contributed by atoms with Crippen LogP contribution in [-0.4, -0.2) is 11.2 Å². The highest BCUT2D eigenvalue weighted by Gasteiger charge is 2.06. The number of anilines is 1. The van der Waals surface area contributed by atoms with Crippen LogP contribution >= 0.6 is 0 Å². The quantitative estimate of drug-likeness (QED) is 0.257. The number of rotatable bonds is 2. The Bertz CT molecular complexity index is 457. The van der Waals surface area contributed by atoms with Crippen molar-refractivity contribution in [2.45, 2.75) is 6.42 Å². The molecule has 0 fully saturated rings. The van der Waals surface area contributed by atoms with Crippen LogP contribution in [0.15, 0.2) is 18.2 Å². The van der Waals surface area contributed by atoms with Crippen LogP contribution in [0.5, 0.6) is 0 Å². The van der Waals surface area contributed by atoms with Crippen molar-refractivity contribution in [2.24, 2.45) is 0 Å². The van der Waals surface area contributed by atoms with Gasteiger partial charge in [-0.05, 0) is 6.07 Å². The Morgan fingerprint density at radius 1 is 1.53 bits per heavy atom. The standard InChI is InChI=1S/C10H8N2O3/c11-10-5-4-9(12(14)15)7-8(10)3-1-2-6-13/h4-7H,2,11H2. The average molecular weight is 204 g/mol. The van der Waals surface area contributed by atoms with E-state index < -0.39 is 4.92 Å². The molecule has 76 valence electrons. The molecule has 0 saturated carbocycles. The van der Waals surface area contributed by atoms with E-state index in [4.69, 9.17) is 5.73 Å². The summed E-state index contributed by atoms with van der Waals surface area (Å²) in [4.78, 5) is 19.9. The van der Waals surface area contributed by atoms with E-state index in [2.05, 4.69) is 11.8 Å². The highest BCUT2D eigenvalue weighted by atomic mass is 16.6. The van der Waals surface area contributed by atoms with Crippen molar-refractivity contribution in [1.29, 1.82) is 0 Å². The van der Waals surface area contributed by atoms with Gasteiger partial charge < -0.3 is 10.5 Å². The minimum Gasteiger partial charge on any atom is -0.398 e. The molecule has 0 aliphatic heterocycles. The Morgan fingerprint density at radius 2 is 2.27 bits per heavy atom. The lowest BCUT2D eigenvalue weighted by molar-refractivity contribution is -0.384. The second-order valence-corrected chi connectivity index (χ2v) is 2.70. The normalized spacial score (nSPS) is 8.80. The Hall–Kier alpha value is -2.35. The summed E-state index contributed by atoms with van der Waals surface area (Å²) < 4.78 is 0. The third kappa shape index (κ3) is 2.81. The number of aldehydes is 1. The number of hydrogen-bond donors (Lipinski definition) is 1. The first-order valence-electron chi connectivity index (χ1n) is 4.11. The van der Waals surface area contributed by atoms with Crippen molar-refractivity contribution in [3.63, 3.8) is 0 Å². The summed E-state index contributed by atoms with van der Waals surface area (Å²) in [7, 11) is 0. The molecule has 0 atom stereocenters. The van der Waals surface area contributed by atoms with E-state index in [0.29, 0.717) is 17.5 Å². The van der Waals surface area contributed by atoms with E-state index in [9.17, 15) is 14.9 Å². The molecule has 0 radical (unpaired) electrons. The van der Waals surface area contributed by atoms with Crippen molar-refractivity contribution >= 4 is 17.7 Å². The lowest BCUT2D eigenvalue weighted by Crippen LogP contribution is -1.93. The van der Waals surface area contributed by atoms with Gasteiger partial charge in [0.05, 0.1) is 16.9 Å². The Kier molecular flexibility index (Phi) is 3.41. The number of carbonyl (C=O) groups is 1. The van der Waals surface area contributed by atoms with E-state index in [1.54, 1.807) is 0 Å². The van der Waals surface area contributed by atoms with Gasteiger partial charge in [0, 0.05) is 17.8 Å². The summed E-state index contributed by atoms with van der Waals surface area (Å²) in [6, 6.07) is 4.01. The summed E-state index contributed by atoms with van der Waals surface area (Å²) in [5.74, 6) is 5.14. The number of hydrogen-bond acceptors (Lipinski definition) is 4. The number of nitro groups is 1. The number of nitrogen functional groups attached to an aromatic ring is 1. The van der Waals surface area contributed by atoms with Gasteiger partial charge in [-0.2, -0.15) is 0 Å². The molecular weight excluding hydrogens is 196 g/mol. The van der Waals surface area contributed by atoms with Crippen LogP contribution in [0.25, 0.3) is 0 Å². The SMILES string of the molecule is Nc1ccc([N+](=O)[O-])cc1C#CCC=O. The lowest BCUT2D eigenvalue weighted by atomic mass is 10.1. The molecule has 5 nitrogen and oxygen atoms in total. The van der Waals surface area contributed by atoms with Crippen molar-refractivity contribution in [2.75, 3.05) is 5.73 Å². The smallest absolute Gasteiger partial charge is 0.270 e. The summed E-state index contributed by atoms with van der Waals surface area (Å²) in [5.41, 5.74) is 6.22. The van der Waals surface area contributed by atoms with Gasteiger partial charge in [0.15, 0.2) is 0 Å². The molecule has 2 N–H and O–H groups in total. The zero-order chi connectivity index (χ0) is 11.3. The van der Waals surface area contributed by atoms with Crippen molar-refractivity contribution < 1.29 is 9.72 Å². The monoisotopic (exact) mass is 204 g/mol. The van der Waals surface area contributed by atoms with Crippen LogP contribution < -0.4 is 5.73 Å². The first-order chi connectivity index (χ1) is 7.15. The van der Waals surface area contributed by atoms with Crippen molar-refractivity contribution in [1.82, 2.24) is 0 Å². The minimum absolute atomic E-state index is 0.0698. The molecule has 1 aromatic carbocycles. The molecule has 0 unspecified atom stereocenters. The molecule has 0 aromatic heterocycles. The van der Waals surface area contributed by atoms with Gasteiger partial charge in [-0.25, -0.2) is 0 Å². The van der Waals surface area contributed by atoms with Crippen LogP contribution in [0.1, 0.15) is 12.0 Å². The second kappa shape index (κ2) is 4.77. The summed E-state index contributed by atoms with van der Waals surface area (Å²) in [6.07, 6.45) is 0.739. The molecular formula is C10H8N2O3. The highest BCUT2D eigenvalue weighted by Crippen LogP contribution is 2.18. The Morgan fingerprint density at radius 3 is 2.87 bits per heavy atom. The highest BCUT2D eigenvalue weighted by molar-refractivity contribution is 5.61. The Labute approximate surface area is 86.0 Å². The molecule has 1 rings (SSSR count). The van der Waals surface area contributed by atoms with Gasteiger partial charge in [0.1, 0.15) is 6.29 Å². The third-order valence-corrected chi connectivity index (χ3v) is 1.66. The fraction of sp³-hybridized carbons (Fsp3) is 0.100. The molecule has 0 amide bonds. The van der Waals surface area contributed by atoms with Gasteiger partial charge in [-0.1, -0.05) is 11.8 Å². The molecule has 15 heavy (non-hydrogen) atoms. The maximum Gasteiger partial charge on any atom is 0.270 e. The van der Waals surface area contributed by atoms with Gasteiger partial charge in [0.2, 0.25) is 0 Å². The molecule has 0 saturated heterocycles. The van der Waals surface area contributed by atoms with Crippen molar-refractivity contribution in [3.8, 4) is 11.8 Å². The first-order valence-corrected chi connectivity index (χ1v) is 4.11. The number of nitrogens with two attached hydrogens (primary N) is 1. The number of benzene rings is 1. The Balaban J connectivity index is 3.07. The molecule has 5 heteroatoms. The van der Waals surface area contributed by atoms with Crippen LogP contribution in [0, 0.1) is 22.0 Å². The van der Waals surface area contributed by atoms with Crippen LogP contribution in [0.2, 0.25) is 0 Å². The number of nitrogens with zero attached hydrogens (tertiary/aromatic N) is 1. The largest absolute Gasteiger partial charge is 0.398 e. The van der Waals surface area contributed by atoms with Crippen molar-refractivity contribution in [3.05, 3.63) is 33.9 Å². The molecule has 0 bridgehead atoms. The molecule has 0 spiro atoms. The molecule has 0 aliphatic rings. The predicted molar refractivity (Wildman–Crippen MR) is 55.1 cm³/mol. The van der Waals surface area contributed by atoms with Gasteiger partial charge in [0.25, 0.3) is 5.69 Å². The van der Waals surface area contributed by atoms with Crippen LogP contribution in [0.3, 0.4) is 0 Å². The van der Waals surface area contributed by atoms with Gasteiger partial charge >= 0.3 is 0 Å². The summed E-state index contributed by atoms with van der Waals surface area (Å²) >= 11 is 0. The molecule has 0 heterocycles. The fourth-order valence-corrected chi connectivity index (χ4v) is 0.954. The van der Waals surface area contributed by atoms with E-state index in [1.165, 1.54) is 18.2 Å². The molecule has 1 aromatic rings. The van der Waals surface area contributed by atoms with Crippen LogP contribution in [-0.2, 0) is 4.79 Å². The summed E-state index contributed by atoms with van der Waals surface area (Å²) in [6.45, 7) is 0. The lowest BCUT2D eigenvalue weighted by Gasteiger charge is -1.97. The topological polar surface area (TPSA) is 86.2 Å². The number of carbonyl (C=O) groups excluding carboxylic acids is 1. The van der Waals surface area contributed by atoms with E-state index in [0.717, 1.165) is 0 Å². The minimum atomic E-state index is -0.523. The molecule has 0 aliphatic carbocycles. The maximum absolute atomic E-state index is 10.5. The predicted octanol–water partition coefficient (Wildman–Crippen LogP) is 1.12. The zero-order valence-corrected chi connectivity index (χ0v) is 7.77. The van der Waals surface area contributed by atoms with E-state index >= 15 is 0 Å². The average Bonchev–Trinajstić information content (AvgIpc) is 2.20. The first kappa shape index (κ1) is 10.7.